The van der Waals surface area contributed by atoms with Gasteiger partial charge in [-0.15, -0.1) is 0 Å². The summed E-state index contributed by atoms with van der Waals surface area (Å²) >= 11 is 0. The Morgan fingerprint density at radius 2 is 2.03 bits per heavy atom. The van der Waals surface area contributed by atoms with Crippen molar-refractivity contribution in [1.29, 1.82) is 0 Å². The smallest absolute Gasteiger partial charge is 0.321 e. The van der Waals surface area contributed by atoms with Gasteiger partial charge in [-0.3, -0.25) is 15.0 Å². The number of allylic oxidation sites excluding steroid dienone is 1. The fourth-order valence-electron chi connectivity index (χ4n) is 3.38. The third kappa shape index (κ3) is 8.15. The van der Waals surface area contributed by atoms with Gasteiger partial charge in [0.2, 0.25) is 5.91 Å². The van der Waals surface area contributed by atoms with E-state index >= 15 is 0 Å². The van der Waals surface area contributed by atoms with Gasteiger partial charge in [0.05, 0.1) is 20.3 Å². The highest BCUT2D eigenvalue weighted by atomic mass is 16.5. The first-order valence-corrected chi connectivity index (χ1v) is 10.3. The number of carbonyl (C=O) groups is 2. The highest BCUT2D eigenvalue weighted by molar-refractivity contribution is 5.95. The van der Waals surface area contributed by atoms with Crippen molar-refractivity contribution < 1.29 is 19.1 Å². The summed E-state index contributed by atoms with van der Waals surface area (Å²) in [6.45, 7) is 3.70. The van der Waals surface area contributed by atoms with Gasteiger partial charge >= 0.3 is 6.03 Å². The van der Waals surface area contributed by atoms with Crippen LogP contribution in [0.25, 0.3) is 0 Å². The molecule has 29 heavy (non-hydrogen) atoms. The summed E-state index contributed by atoms with van der Waals surface area (Å²) in [5.74, 6) is 1.02. The minimum atomic E-state index is -0.442. The Kier molecular flexibility index (Phi) is 9.50. The van der Waals surface area contributed by atoms with Crippen LogP contribution in [0.5, 0.6) is 11.5 Å². The van der Waals surface area contributed by atoms with E-state index in [4.69, 9.17) is 9.47 Å². The van der Waals surface area contributed by atoms with Crippen LogP contribution in [0.2, 0.25) is 0 Å². The van der Waals surface area contributed by atoms with E-state index in [1.165, 1.54) is 18.4 Å². The molecular formula is C22H33N3O4. The summed E-state index contributed by atoms with van der Waals surface area (Å²) in [6.07, 6.45) is 7.84. The molecule has 160 valence electrons. The lowest BCUT2D eigenvalue weighted by Gasteiger charge is -2.18. The number of nitrogens with one attached hydrogen (secondary N) is 2. The van der Waals surface area contributed by atoms with E-state index in [-0.39, 0.29) is 12.5 Å². The number of urea groups is 1. The van der Waals surface area contributed by atoms with Crippen molar-refractivity contribution in [2.75, 3.05) is 33.9 Å². The number of hydrogen-bond donors (Lipinski definition) is 2. The third-order valence-corrected chi connectivity index (χ3v) is 4.76. The molecule has 1 aliphatic rings. The molecule has 0 aromatic heterocycles. The van der Waals surface area contributed by atoms with Gasteiger partial charge in [0.25, 0.3) is 0 Å². The number of benzene rings is 1. The maximum Gasteiger partial charge on any atom is 0.321 e. The van der Waals surface area contributed by atoms with Gasteiger partial charge in [0.15, 0.2) is 11.5 Å². The van der Waals surface area contributed by atoms with Crippen LogP contribution in [-0.4, -0.2) is 50.7 Å². The number of imide groups is 1. The molecule has 1 aromatic rings. The highest BCUT2D eigenvalue weighted by Crippen LogP contribution is 2.28. The Bertz CT molecular complexity index is 718. The van der Waals surface area contributed by atoms with Crippen molar-refractivity contribution in [2.45, 2.75) is 45.6 Å². The Morgan fingerprint density at radius 3 is 2.72 bits per heavy atom. The maximum absolute atomic E-state index is 12.1. The zero-order valence-corrected chi connectivity index (χ0v) is 17.8. The standard InChI is InChI=1S/C22H33N3O4/c1-4-29-19-11-10-18(14-20(19)28-3)15-25(2)16-21(26)24-22(27)23-13-12-17-8-6-5-7-9-17/h8,10-11,14H,4-7,9,12-13,15-16H2,1-3H3,(H2,23,24,26,27). The summed E-state index contributed by atoms with van der Waals surface area (Å²) in [6, 6.07) is 5.25. The number of amides is 3. The first-order chi connectivity index (χ1) is 14.0. The summed E-state index contributed by atoms with van der Waals surface area (Å²) in [5.41, 5.74) is 2.39. The topological polar surface area (TPSA) is 79.9 Å². The van der Waals surface area contributed by atoms with Gasteiger partial charge in [0, 0.05) is 13.1 Å². The van der Waals surface area contributed by atoms with Gasteiger partial charge < -0.3 is 14.8 Å². The number of ether oxygens (including phenoxy) is 2. The van der Waals surface area contributed by atoms with Crippen LogP contribution in [0.1, 0.15) is 44.6 Å². The molecule has 2 N–H and O–H groups in total. The van der Waals surface area contributed by atoms with Crippen molar-refractivity contribution >= 4 is 11.9 Å². The van der Waals surface area contributed by atoms with E-state index in [1.807, 2.05) is 37.1 Å². The molecule has 7 heteroatoms. The molecule has 0 unspecified atom stereocenters. The molecule has 0 radical (unpaired) electrons. The van der Waals surface area contributed by atoms with Crippen LogP contribution >= 0.6 is 0 Å². The van der Waals surface area contributed by atoms with Crippen molar-refractivity contribution in [3.8, 4) is 11.5 Å². The molecule has 0 bridgehead atoms. The Balaban J connectivity index is 1.72. The molecular weight excluding hydrogens is 370 g/mol. The molecule has 2 rings (SSSR count). The lowest BCUT2D eigenvalue weighted by atomic mass is 9.97. The largest absolute Gasteiger partial charge is 0.493 e. The van der Waals surface area contributed by atoms with Gasteiger partial charge in [-0.1, -0.05) is 17.7 Å². The molecule has 0 saturated carbocycles. The molecule has 0 aliphatic heterocycles. The molecule has 1 aromatic carbocycles. The van der Waals surface area contributed by atoms with Crippen molar-refractivity contribution in [2.24, 2.45) is 0 Å². The Labute approximate surface area is 173 Å². The fraction of sp³-hybridized carbons (Fsp3) is 0.545. The fourth-order valence-corrected chi connectivity index (χ4v) is 3.38. The van der Waals surface area contributed by atoms with E-state index in [0.29, 0.717) is 31.2 Å². The lowest BCUT2D eigenvalue weighted by Crippen LogP contribution is -2.44. The van der Waals surface area contributed by atoms with E-state index in [9.17, 15) is 9.59 Å². The maximum atomic E-state index is 12.1. The van der Waals surface area contributed by atoms with Crippen LogP contribution in [0.3, 0.4) is 0 Å². The predicted octanol–water partition coefficient (Wildman–Crippen LogP) is 3.24. The minimum absolute atomic E-state index is 0.119. The quantitative estimate of drug-likeness (QED) is 0.586. The van der Waals surface area contributed by atoms with Crippen LogP contribution in [0.4, 0.5) is 4.79 Å². The van der Waals surface area contributed by atoms with Gasteiger partial charge in [-0.25, -0.2) is 4.79 Å². The van der Waals surface area contributed by atoms with Gasteiger partial charge in [-0.05, 0) is 63.8 Å². The molecule has 0 heterocycles. The molecule has 3 amide bonds. The average molecular weight is 404 g/mol. The monoisotopic (exact) mass is 403 g/mol. The van der Waals surface area contributed by atoms with Gasteiger partial charge in [-0.2, -0.15) is 0 Å². The summed E-state index contributed by atoms with van der Waals surface area (Å²) in [5, 5.41) is 5.14. The van der Waals surface area contributed by atoms with Crippen molar-refractivity contribution in [3.05, 3.63) is 35.4 Å². The number of rotatable bonds is 10. The van der Waals surface area contributed by atoms with E-state index < -0.39 is 6.03 Å². The van der Waals surface area contributed by atoms with E-state index in [0.717, 1.165) is 24.8 Å². The number of methoxy groups -OCH3 is 1. The first kappa shape index (κ1) is 22.7. The molecule has 0 spiro atoms. The second-order valence-corrected chi connectivity index (χ2v) is 7.25. The van der Waals surface area contributed by atoms with Crippen LogP contribution in [0, 0.1) is 0 Å². The average Bonchev–Trinajstić information content (AvgIpc) is 2.69. The third-order valence-electron chi connectivity index (χ3n) is 4.76. The SMILES string of the molecule is CCOc1ccc(CN(C)CC(=O)NC(=O)NCCC2=CCCCC2)cc1OC. The summed E-state index contributed by atoms with van der Waals surface area (Å²) in [7, 11) is 3.43. The molecule has 0 atom stereocenters. The van der Waals surface area contributed by atoms with Crippen molar-refractivity contribution in [3.63, 3.8) is 0 Å². The molecule has 7 nitrogen and oxygen atoms in total. The molecule has 0 fully saturated rings. The summed E-state index contributed by atoms with van der Waals surface area (Å²) in [4.78, 5) is 25.9. The second kappa shape index (κ2) is 12.1. The second-order valence-electron chi connectivity index (χ2n) is 7.25. The molecule has 0 saturated heterocycles. The summed E-state index contributed by atoms with van der Waals surface area (Å²) < 4.78 is 10.9. The first-order valence-electron chi connectivity index (χ1n) is 10.3. The predicted molar refractivity (Wildman–Crippen MR) is 113 cm³/mol. The Hall–Kier alpha value is -2.54. The number of nitrogens with zero attached hydrogens (tertiary/aromatic N) is 1. The van der Waals surface area contributed by atoms with Crippen LogP contribution in [0.15, 0.2) is 29.8 Å². The minimum Gasteiger partial charge on any atom is -0.493 e. The number of hydrogen-bond acceptors (Lipinski definition) is 5. The number of likely N-dealkylation sites (N-methyl/N-ethyl adjacent to an activating group) is 1. The van der Waals surface area contributed by atoms with E-state index in [2.05, 4.69) is 16.7 Å². The van der Waals surface area contributed by atoms with Gasteiger partial charge in [0.1, 0.15) is 0 Å². The zero-order chi connectivity index (χ0) is 21.1. The molecule has 1 aliphatic carbocycles. The lowest BCUT2D eigenvalue weighted by molar-refractivity contribution is -0.120. The van der Waals surface area contributed by atoms with E-state index in [1.54, 1.807) is 7.11 Å². The van der Waals surface area contributed by atoms with Crippen LogP contribution < -0.4 is 20.1 Å². The van der Waals surface area contributed by atoms with Crippen molar-refractivity contribution in [1.82, 2.24) is 15.5 Å². The zero-order valence-electron chi connectivity index (χ0n) is 17.8. The highest BCUT2D eigenvalue weighted by Gasteiger charge is 2.12. The Morgan fingerprint density at radius 1 is 1.21 bits per heavy atom. The number of carbonyl (C=O) groups excluding carboxylic acids is 2. The van der Waals surface area contributed by atoms with Crippen LogP contribution in [-0.2, 0) is 11.3 Å². The normalized spacial score (nSPS) is 13.6.